The van der Waals surface area contributed by atoms with Crippen molar-refractivity contribution in [1.29, 1.82) is 0 Å². The molecule has 0 amide bonds. The van der Waals surface area contributed by atoms with Gasteiger partial charge in [-0.2, -0.15) is 0 Å². The number of aliphatic hydroxyl groups is 1. The second kappa shape index (κ2) is 5.72. The second-order valence-corrected chi connectivity index (χ2v) is 5.67. The Morgan fingerprint density at radius 3 is 2.95 bits per heavy atom. The standard InChI is InChI=1S/C15H16N2OS/c18-8-3-9-19-15-13-7-6-11-4-1-2-5-12(11)14(13)16-10-17-15/h1-2,4-5,10,18H,3,6-9H2. The summed E-state index contributed by atoms with van der Waals surface area (Å²) in [4.78, 5) is 8.88. The molecule has 0 bridgehead atoms. The van der Waals surface area contributed by atoms with Crippen molar-refractivity contribution in [2.24, 2.45) is 0 Å². The summed E-state index contributed by atoms with van der Waals surface area (Å²) in [6.07, 6.45) is 4.53. The molecule has 98 valence electrons. The Morgan fingerprint density at radius 2 is 2.05 bits per heavy atom. The van der Waals surface area contributed by atoms with Crippen LogP contribution in [-0.4, -0.2) is 27.4 Å². The van der Waals surface area contributed by atoms with E-state index in [4.69, 9.17) is 5.11 Å². The highest BCUT2D eigenvalue weighted by atomic mass is 32.2. The van der Waals surface area contributed by atoms with Gasteiger partial charge in [0, 0.05) is 23.5 Å². The molecule has 0 saturated heterocycles. The Hall–Kier alpha value is -1.39. The predicted octanol–water partition coefficient (Wildman–Crippen LogP) is 2.72. The van der Waals surface area contributed by atoms with Crippen LogP contribution in [-0.2, 0) is 12.8 Å². The van der Waals surface area contributed by atoms with E-state index in [1.807, 2.05) is 0 Å². The fraction of sp³-hybridized carbons (Fsp3) is 0.333. The largest absolute Gasteiger partial charge is 0.396 e. The van der Waals surface area contributed by atoms with Crippen LogP contribution in [0.5, 0.6) is 0 Å². The highest BCUT2D eigenvalue weighted by molar-refractivity contribution is 7.99. The van der Waals surface area contributed by atoms with E-state index in [0.29, 0.717) is 0 Å². The van der Waals surface area contributed by atoms with Gasteiger partial charge in [-0.05, 0) is 24.8 Å². The fourth-order valence-corrected chi connectivity index (χ4v) is 3.40. The van der Waals surface area contributed by atoms with Gasteiger partial charge in [-0.3, -0.25) is 0 Å². The van der Waals surface area contributed by atoms with E-state index in [9.17, 15) is 0 Å². The number of aryl methyl sites for hydroxylation is 1. The van der Waals surface area contributed by atoms with Gasteiger partial charge in [0.15, 0.2) is 0 Å². The van der Waals surface area contributed by atoms with Crippen molar-refractivity contribution in [2.75, 3.05) is 12.4 Å². The van der Waals surface area contributed by atoms with Crippen LogP contribution in [0.15, 0.2) is 35.6 Å². The third-order valence-corrected chi connectivity index (χ3v) is 4.48. The lowest BCUT2D eigenvalue weighted by Crippen LogP contribution is -2.08. The number of rotatable bonds is 4. The van der Waals surface area contributed by atoms with Crippen LogP contribution in [0.4, 0.5) is 0 Å². The molecule has 19 heavy (non-hydrogen) atoms. The smallest absolute Gasteiger partial charge is 0.117 e. The molecule has 1 aromatic carbocycles. The minimum Gasteiger partial charge on any atom is -0.396 e. The van der Waals surface area contributed by atoms with Gasteiger partial charge >= 0.3 is 0 Å². The number of hydrogen-bond acceptors (Lipinski definition) is 4. The molecule has 1 aromatic heterocycles. The molecule has 0 radical (unpaired) electrons. The van der Waals surface area contributed by atoms with Gasteiger partial charge < -0.3 is 5.11 Å². The summed E-state index contributed by atoms with van der Waals surface area (Å²) in [5.41, 5.74) is 4.97. The number of hydrogen-bond donors (Lipinski definition) is 1. The maximum absolute atomic E-state index is 8.87. The fourth-order valence-electron chi connectivity index (χ4n) is 2.44. The van der Waals surface area contributed by atoms with Gasteiger partial charge in [0.25, 0.3) is 0 Å². The maximum Gasteiger partial charge on any atom is 0.117 e. The number of nitrogens with zero attached hydrogens (tertiary/aromatic N) is 2. The van der Waals surface area contributed by atoms with Gasteiger partial charge in [0.2, 0.25) is 0 Å². The summed E-state index contributed by atoms with van der Waals surface area (Å²) in [5.74, 6) is 0.904. The van der Waals surface area contributed by atoms with Crippen molar-refractivity contribution >= 4 is 11.8 Å². The molecule has 4 heteroatoms. The lowest BCUT2D eigenvalue weighted by Gasteiger charge is -2.20. The van der Waals surface area contributed by atoms with Crippen LogP contribution in [0.2, 0.25) is 0 Å². The van der Waals surface area contributed by atoms with E-state index < -0.39 is 0 Å². The molecule has 0 unspecified atom stereocenters. The first-order valence-electron chi connectivity index (χ1n) is 6.56. The SMILES string of the molecule is OCCCSc1ncnc2c1CCc1ccccc1-2. The van der Waals surface area contributed by atoms with E-state index >= 15 is 0 Å². The van der Waals surface area contributed by atoms with Crippen LogP contribution in [0, 0.1) is 0 Å². The Kier molecular flexibility index (Phi) is 3.80. The number of benzene rings is 1. The van der Waals surface area contributed by atoms with Crippen molar-refractivity contribution in [3.8, 4) is 11.3 Å². The van der Waals surface area contributed by atoms with E-state index in [0.717, 1.165) is 35.7 Å². The van der Waals surface area contributed by atoms with E-state index in [1.165, 1.54) is 16.7 Å². The molecule has 0 aliphatic heterocycles. The van der Waals surface area contributed by atoms with Crippen LogP contribution in [0.3, 0.4) is 0 Å². The summed E-state index contributed by atoms with van der Waals surface area (Å²) >= 11 is 1.72. The van der Waals surface area contributed by atoms with E-state index in [2.05, 4.69) is 34.2 Å². The number of aliphatic hydroxyl groups excluding tert-OH is 1. The molecule has 1 heterocycles. The molecule has 1 N–H and O–H groups in total. The number of aromatic nitrogens is 2. The van der Waals surface area contributed by atoms with Crippen LogP contribution in [0.1, 0.15) is 17.5 Å². The van der Waals surface area contributed by atoms with Gasteiger partial charge in [-0.15, -0.1) is 11.8 Å². The monoisotopic (exact) mass is 272 g/mol. The average Bonchev–Trinajstić information content (AvgIpc) is 2.47. The Bertz CT molecular complexity index is 586. The molecule has 1 aliphatic rings. The number of fused-ring (bicyclic) bond motifs is 3. The van der Waals surface area contributed by atoms with Crippen molar-refractivity contribution in [3.63, 3.8) is 0 Å². The zero-order chi connectivity index (χ0) is 13.1. The van der Waals surface area contributed by atoms with Crippen LogP contribution >= 0.6 is 11.8 Å². The number of thioether (sulfide) groups is 1. The van der Waals surface area contributed by atoms with Crippen molar-refractivity contribution in [3.05, 3.63) is 41.7 Å². The van der Waals surface area contributed by atoms with Gasteiger partial charge in [0.1, 0.15) is 11.4 Å². The zero-order valence-electron chi connectivity index (χ0n) is 10.7. The van der Waals surface area contributed by atoms with Gasteiger partial charge in [0.05, 0.1) is 5.69 Å². The predicted molar refractivity (Wildman–Crippen MR) is 77.3 cm³/mol. The van der Waals surface area contributed by atoms with Gasteiger partial charge in [-0.25, -0.2) is 9.97 Å². The first-order chi connectivity index (χ1) is 9.40. The molecule has 2 aromatic rings. The van der Waals surface area contributed by atoms with Crippen molar-refractivity contribution in [1.82, 2.24) is 9.97 Å². The normalized spacial score (nSPS) is 12.9. The Labute approximate surface area is 117 Å². The Balaban J connectivity index is 1.96. The summed E-state index contributed by atoms with van der Waals surface area (Å²) in [6.45, 7) is 0.239. The first kappa shape index (κ1) is 12.6. The minimum atomic E-state index is 0.239. The third-order valence-electron chi connectivity index (χ3n) is 3.36. The van der Waals surface area contributed by atoms with E-state index in [1.54, 1.807) is 18.1 Å². The van der Waals surface area contributed by atoms with Crippen LogP contribution in [0.25, 0.3) is 11.3 Å². The molecule has 3 rings (SSSR count). The molecular weight excluding hydrogens is 256 g/mol. The minimum absolute atomic E-state index is 0.239. The summed E-state index contributed by atoms with van der Waals surface area (Å²) in [5, 5.41) is 9.94. The third kappa shape index (κ3) is 2.51. The van der Waals surface area contributed by atoms with Crippen molar-refractivity contribution < 1.29 is 5.11 Å². The topological polar surface area (TPSA) is 46.0 Å². The van der Waals surface area contributed by atoms with E-state index in [-0.39, 0.29) is 6.61 Å². The van der Waals surface area contributed by atoms with Gasteiger partial charge in [-0.1, -0.05) is 24.3 Å². The summed E-state index contributed by atoms with van der Waals surface area (Å²) in [7, 11) is 0. The molecule has 3 nitrogen and oxygen atoms in total. The maximum atomic E-state index is 8.87. The summed E-state index contributed by atoms with van der Waals surface area (Å²) < 4.78 is 0. The molecule has 0 fully saturated rings. The Morgan fingerprint density at radius 1 is 1.16 bits per heavy atom. The molecule has 0 saturated carbocycles. The first-order valence-corrected chi connectivity index (χ1v) is 7.54. The lowest BCUT2D eigenvalue weighted by molar-refractivity contribution is 0.296. The zero-order valence-corrected chi connectivity index (χ0v) is 11.5. The molecule has 0 atom stereocenters. The average molecular weight is 272 g/mol. The molecular formula is C15H16N2OS. The quantitative estimate of drug-likeness (QED) is 0.528. The van der Waals surface area contributed by atoms with Crippen molar-refractivity contribution in [2.45, 2.75) is 24.3 Å². The molecule has 1 aliphatic carbocycles. The summed E-state index contributed by atoms with van der Waals surface area (Å²) in [6, 6.07) is 8.47. The van der Waals surface area contributed by atoms with Crippen LogP contribution < -0.4 is 0 Å². The highest BCUT2D eigenvalue weighted by Gasteiger charge is 2.20. The lowest BCUT2D eigenvalue weighted by atomic mass is 9.90. The second-order valence-electron chi connectivity index (χ2n) is 4.59. The highest BCUT2D eigenvalue weighted by Crippen LogP contribution is 2.35. The molecule has 0 spiro atoms.